The summed E-state index contributed by atoms with van der Waals surface area (Å²) in [6, 6.07) is 0. The fourth-order valence-electron chi connectivity index (χ4n) is 1.20. The minimum absolute atomic E-state index is 0.240. The summed E-state index contributed by atoms with van der Waals surface area (Å²) in [5, 5.41) is 3.14. The van der Waals surface area contributed by atoms with E-state index in [0.29, 0.717) is 13.0 Å². The summed E-state index contributed by atoms with van der Waals surface area (Å²) in [6.45, 7) is 3.77. The number of rotatable bonds is 8. The predicted octanol–water partition coefficient (Wildman–Crippen LogP) is 3.50. The second kappa shape index (κ2) is 8.09. The van der Waals surface area contributed by atoms with Gasteiger partial charge in [-0.1, -0.05) is 19.8 Å². The largest absolute Gasteiger partial charge is 0.389 e. The van der Waals surface area contributed by atoms with Crippen LogP contribution in [0.4, 0.5) is 13.2 Å². The van der Waals surface area contributed by atoms with Gasteiger partial charge in [0.15, 0.2) is 0 Å². The van der Waals surface area contributed by atoms with Crippen LogP contribution in [0.3, 0.4) is 0 Å². The maximum Gasteiger partial charge on any atom is 0.389 e. The minimum Gasteiger partial charge on any atom is -0.317 e. The molecule has 14 heavy (non-hydrogen) atoms. The molecule has 0 aromatic heterocycles. The SMILES string of the molecule is CCCCCNCCCCC(F)(F)F. The van der Waals surface area contributed by atoms with E-state index in [1.54, 1.807) is 0 Å². The lowest BCUT2D eigenvalue weighted by Gasteiger charge is -2.06. The molecule has 0 aliphatic carbocycles. The molecule has 0 heterocycles. The van der Waals surface area contributed by atoms with E-state index >= 15 is 0 Å². The maximum atomic E-state index is 11.7. The minimum atomic E-state index is -3.98. The Hall–Kier alpha value is -0.250. The highest BCUT2D eigenvalue weighted by Gasteiger charge is 2.25. The number of hydrogen-bond acceptors (Lipinski definition) is 1. The van der Waals surface area contributed by atoms with Crippen LogP contribution < -0.4 is 5.32 Å². The first-order valence-electron chi connectivity index (χ1n) is 5.33. The van der Waals surface area contributed by atoms with Gasteiger partial charge in [0, 0.05) is 6.42 Å². The standard InChI is InChI=1S/C10H20F3N/c1-2-3-5-8-14-9-6-4-7-10(11,12)13/h14H,2-9H2,1H3. The van der Waals surface area contributed by atoms with Crippen molar-refractivity contribution in [3.05, 3.63) is 0 Å². The molecule has 1 N–H and O–H groups in total. The van der Waals surface area contributed by atoms with Gasteiger partial charge in [0.1, 0.15) is 0 Å². The molecule has 86 valence electrons. The molecule has 0 atom stereocenters. The molecule has 0 unspecified atom stereocenters. The number of hydrogen-bond donors (Lipinski definition) is 1. The summed E-state index contributed by atoms with van der Waals surface area (Å²) in [4.78, 5) is 0. The highest BCUT2D eigenvalue weighted by Crippen LogP contribution is 2.21. The second-order valence-corrected chi connectivity index (χ2v) is 3.53. The third kappa shape index (κ3) is 11.8. The first-order chi connectivity index (χ1) is 6.56. The molecule has 0 aliphatic heterocycles. The summed E-state index contributed by atoms with van der Waals surface area (Å²) in [5.41, 5.74) is 0. The van der Waals surface area contributed by atoms with Crippen molar-refractivity contribution < 1.29 is 13.2 Å². The van der Waals surface area contributed by atoms with Crippen molar-refractivity contribution in [3.8, 4) is 0 Å². The highest BCUT2D eigenvalue weighted by atomic mass is 19.4. The van der Waals surface area contributed by atoms with Crippen molar-refractivity contribution in [1.82, 2.24) is 5.32 Å². The van der Waals surface area contributed by atoms with Crippen LogP contribution in [0.1, 0.15) is 45.4 Å². The zero-order valence-corrected chi connectivity index (χ0v) is 8.79. The zero-order valence-electron chi connectivity index (χ0n) is 8.79. The van der Waals surface area contributed by atoms with Crippen molar-refractivity contribution in [2.24, 2.45) is 0 Å². The second-order valence-electron chi connectivity index (χ2n) is 3.53. The van der Waals surface area contributed by atoms with Gasteiger partial charge in [-0.05, 0) is 32.4 Å². The number of alkyl halides is 3. The van der Waals surface area contributed by atoms with Crippen LogP contribution >= 0.6 is 0 Å². The maximum absolute atomic E-state index is 11.7. The molecule has 1 nitrogen and oxygen atoms in total. The molecule has 4 heteroatoms. The van der Waals surface area contributed by atoms with Gasteiger partial charge < -0.3 is 5.32 Å². The Morgan fingerprint density at radius 2 is 1.50 bits per heavy atom. The fraction of sp³-hybridized carbons (Fsp3) is 1.00. The summed E-state index contributed by atoms with van der Waals surface area (Å²) in [7, 11) is 0. The fourth-order valence-corrected chi connectivity index (χ4v) is 1.20. The molecule has 0 aliphatic rings. The number of unbranched alkanes of at least 4 members (excludes halogenated alkanes) is 3. The van der Waals surface area contributed by atoms with Crippen LogP contribution in [0.2, 0.25) is 0 Å². The van der Waals surface area contributed by atoms with Gasteiger partial charge in [-0.15, -0.1) is 0 Å². The molecule has 0 spiro atoms. The van der Waals surface area contributed by atoms with Crippen molar-refractivity contribution >= 4 is 0 Å². The monoisotopic (exact) mass is 211 g/mol. The van der Waals surface area contributed by atoms with Gasteiger partial charge in [-0.3, -0.25) is 0 Å². The molecule has 0 saturated heterocycles. The van der Waals surface area contributed by atoms with Gasteiger partial charge in [-0.2, -0.15) is 13.2 Å². The smallest absolute Gasteiger partial charge is 0.317 e. The van der Waals surface area contributed by atoms with E-state index in [0.717, 1.165) is 13.0 Å². The lowest BCUT2D eigenvalue weighted by atomic mass is 10.2. The molecule has 0 bridgehead atoms. The van der Waals surface area contributed by atoms with E-state index in [-0.39, 0.29) is 6.42 Å². The summed E-state index contributed by atoms with van der Waals surface area (Å²) >= 11 is 0. The lowest BCUT2D eigenvalue weighted by Crippen LogP contribution is -2.17. The van der Waals surface area contributed by atoms with Gasteiger partial charge in [0.05, 0.1) is 0 Å². The van der Waals surface area contributed by atoms with Crippen molar-refractivity contribution in [2.75, 3.05) is 13.1 Å². The Labute approximate surface area is 84.1 Å². The molecule has 0 fully saturated rings. The van der Waals surface area contributed by atoms with Gasteiger partial charge >= 0.3 is 6.18 Å². The van der Waals surface area contributed by atoms with Crippen molar-refractivity contribution in [2.45, 2.75) is 51.6 Å². The van der Waals surface area contributed by atoms with Crippen LogP contribution in [0.15, 0.2) is 0 Å². The van der Waals surface area contributed by atoms with E-state index in [1.165, 1.54) is 12.8 Å². The quantitative estimate of drug-likeness (QED) is 0.606. The first kappa shape index (κ1) is 13.8. The molecule has 0 saturated carbocycles. The molecule has 0 radical (unpaired) electrons. The number of halogens is 3. The van der Waals surface area contributed by atoms with Gasteiger partial charge in [0.2, 0.25) is 0 Å². The Balaban J connectivity index is 2.99. The average Bonchev–Trinajstić information content (AvgIpc) is 2.08. The van der Waals surface area contributed by atoms with Crippen LogP contribution in [0, 0.1) is 0 Å². The van der Waals surface area contributed by atoms with Gasteiger partial charge in [0.25, 0.3) is 0 Å². The van der Waals surface area contributed by atoms with E-state index in [2.05, 4.69) is 12.2 Å². The van der Waals surface area contributed by atoms with Crippen LogP contribution in [0.25, 0.3) is 0 Å². The van der Waals surface area contributed by atoms with E-state index < -0.39 is 12.6 Å². The van der Waals surface area contributed by atoms with Gasteiger partial charge in [-0.25, -0.2) is 0 Å². The molecule has 0 aromatic rings. The van der Waals surface area contributed by atoms with E-state index in [4.69, 9.17) is 0 Å². The molecular weight excluding hydrogens is 191 g/mol. The van der Waals surface area contributed by atoms with Crippen molar-refractivity contribution in [1.29, 1.82) is 0 Å². The Morgan fingerprint density at radius 3 is 2.00 bits per heavy atom. The van der Waals surface area contributed by atoms with Crippen LogP contribution in [-0.2, 0) is 0 Å². The van der Waals surface area contributed by atoms with E-state index in [9.17, 15) is 13.2 Å². The average molecular weight is 211 g/mol. The number of nitrogens with one attached hydrogen (secondary N) is 1. The molecule has 0 rings (SSSR count). The zero-order chi connectivity index (χ0) is 10.9. The Kier molecular flexibility index (Phi) is 7.95. The molecule has 0 aromatic carbocycles. The summed E-state index contributed by atoms with van der Waals surface area (Å²) in [5.74, 6) is 0. The van der Waals surface area contributed by atoms with Crippen LogP contribution in [0.5, 0.6) is 0 Å². The van der Waals surface area contributed by atoms with Crippen molar-refractivity contribution in [3.63, 3.8) is 0 Å². The Bertz CT molecular complexity index is 123. The molecule has 0 amide bonds. The van der Waals surface area contributed by atoms with E-state index in [1.807, 2.05) is 0 Å². The molecular formula is C10H20F3N. The lowest BCUT2D eigenvalue weighted by molar-refractivity contribution is -0.135. The topological polar surface area (TPSA) is 12.0 Å². The summed E-state index contributed by atoms with van der Waals surface area (Å²) in [6.07, 6.45) is -0.289. The first-order valence-corrected chi connectivity index (χ1v) is 5.33. The highest BCUT2D eigenvalue weighted by molar-refractivity contribution is 4.53. The third-order valence-electron chi connectivity index (χ3n) is 2.02. The van der Waals surface area contributed by atoms with Crippen LogP contribution in [-0.4, -0.2) is 19.3 Å². The Morgan fingerprint density at radius 1 is 0.929 bits per heavy atom. The third-order valence-corrected chi connectivity index (χ3v) is 2.02. The predicted molar refractivity (Wildman–Crippen MR) is 52.3 cm³/mol. The normalized spacial score (nSPS) is 12.0. The summed E-state index contributed by atoms with van der Waals surface area (Å²) < 4.78 is 35.1.